The second-order valence-corrected chi connectivity index (χ2v) is 21.2. The Balaban J connectivity index is 1.36. The molecule has 2 aromatic carbocycles. The highest BCUT2D eigenvalue weighted by atomic mass is 35.5. The molecule has 0 spiro atoms. The molecule has 0 bridgehead atoms. The van der Waals surface area contributed by atoms with Gasteiger partial charge in [0.05, 0.1) is 32.9 Å². The summed E-state index contributed by atoms with van der Waals surface area (Å²) in [6.07, 6.45) is -1.36. The second kappa shape index (κ2) is 15.8. The van der Waals surface area contributed by atoms with Gasteiger partial charge in [0.25, 0.3) is 0 Å². The molecule has 0 radical (unpaired) electrons. The Morgan fingerprint density at radius 3 is 2.28 bits per heavy atom. The third-order valence-corrected chi connectivity index (χ3v) is 14.1. The molecule has 3 aromatic heterocycles. The molecule has 0 aliphatic heterocycles. The van der Waals surface area contributed by atoms with Crippen LogP contribution in [-0.2, 0) is 50.5 Å². The maximum atomic E-state index is 14.6. The summed E-state index contributed by atoms with van der Waals surface area (Å²) in [6, 6.07) is 9.21. The van der Waals surface area contributed by atoms with Gasteiger partial charge in [-0.3, -0.25) is 18.9 Å². The minimum atomic E-state index is -4.68. The van der Waals surface area contributed by atoms with Crippen LogP contribution in [0.2, 0.25) is 5.02 Å². The highest BCUT2D eigenvalue weighted by Gasteiger charge is 2.45. The molecule has 1 amide bonds. The molecule has 19 heteroatoms. The Hall–Kier alpha value is -4.99. The highest BCUT2D eigenvalue weighted by Crippen LogP contribution is 2.43. The molecule has 60 heavy (non-hydrogen) atoms. The average molecular weight is 890 g/mol. The van der Waals surface area contributed by atoms with Gasteiger partial charge in [-0.05, 0) is 99.7 Å². The third kappa shape index (κ3) is 9.32. The maximum Gasteiger partial charge on any atom is 0.435 e. The predicted octanol–water partition coefficient (Wildman–Crippen LogP) is 7.53. The number of carbonyl (C=O) groups excluding carboxylic acids is 1. The first kappa shape index (κ1) is 43.1. The molecule has 318 valence electrons. The van der Waals surface area contributed by atoms with Crippen LogP contribution >= 0.6 is 11.6 Å². The van der Waals surface area contributed by atoms with E-state index < -0.39 is 65.0 Å². The van der Waals surface area contributed by atoms with Crippen LogP contribution in [0.3, 0.4) is 0 Å². The normalized spacial score (nSPS) is 16.2. The summed E-state index contributed by atoms with van der Waals surface area (Å²) in [7, 11) is -4.81. The fourth-order valence-corrected chi connectivity index (χ4v) is 9.68. The molecule has 2 fully saturated rings. The average Bonchev–Trinajstić information content (AvgIpc) is 4.08. The maximum absolute atomic E-state index is 14.6. The standard InChI is InChI=1S/C41H41ClF5N7O4S2/c1-40(2,60(57,58)28-9-10-28)16-14-27-8-11-29(30-12-13-31(42)36-38(30)53(3)51-39(36)52-59(4,5)56)37(48-27)32(20-23-18-25(43)21-26(44)19-23)49-35(55)15-17-54-33(24-6-7-24)22-34(50-54)41(45,46)47/h8,11-13,18-19,21-22,24,28,32H,4,6-7,9-10,15,17,20H2,1-3,5H3,(H,49,55)(H,51,52,56)/t32-,59?/m0/s1. The van der Waals surface area contributed by atoms with Crippen molar-refractivity contribution < 1.29 is 39.4 Å². The van der Waals surface area contributed by atoms with Crippen molar-refractivity contribution >= 4 is 59.6 Å². The van der Waals surface area contributed by atoms with Gasteiger partial charge >= 0.3 is 6.18 Å². The van der Waals surface area contributed by atoms with Crippen LogP contribution in [0.25, 0.3) is 22.0 Å². The van der Waals surface area contributed by atoms with Crippen LogP contribution in [0.4, 0.5) is 27.8 Å². The van der Waals surface area contributed by atoms with E-state index in [4.69, 9.17) is 16.6 Å². The summed E-state index contributed by atoms with van der Waals surface area (Å²) in [5.41, 5.74) is 1.01. The van der Waals surface area contributed by atoms with Crippen LogP contribution in [-0.4, -0.2) is 65.2 Å². The van der Waals surface area contributed by atoms with Crippen molar-refractivity contribution in [1.29, 1.82) is 0 Å². The summed E-state index contributed by atoms with van der Waals surface area (Å²) in [6.45, 7) is 2.82. The molecule has 11 nitrogen and oxygen atoms in total. The number of hydrogen-bond acceptors (Lipinski definition) is 7. The zero-order chi connectivity index (χ0) is 43.5. The van der Waals surface area contributed by atoms with Crippen LogP contribution < -0.4 is 10.0 Å². The number of fused-ring (bicyclic) bond motifs is 1. The number of rotatable bonds is 13. The molecule has 1 unspecified atom stereocenters. The molecule has 2 N–H and O–H groups in total. The molecular weight excluding hydrogens is 849 g/mol. The lowest BCUT2D eigenvalue weighted by atomic mass is 9.93. The van der Waals surface area contributed by atoms with Crippen molar-refractivity contribution in [2.45, 2.75) is 87.1 Å². The largest absolute Gasteiger partial charge is 0.435 e. The Bertz CT molecular complexity index is 2800. The highest BCUT2D eigenvalue weighted by molar-refractivity contribution is 8.00. The predicted molar refractivity (Wildman–Crippen MR) is 221 cm³/mol. The molecule has 2 saturated carbocycles. The number of anilines is 1. The Kier molecular flexibility index (Phi) is 11.4. The SMILES string of the molecule is C=S(C)(=O)Nc1nn(C)c2c(-c3ccc(C#CC(C)(C)S(=O)(=O)C4CC4)nc3[C@H](Cc3cc(F)cc(F)c3)NC(=O)CCn3nc(C(F)(F)F)cc3C3CC3)ccc(Cl)c12. The van der Waals surface area contributed by atoms with Gasteiger partial charge in [0.1, 0.15) is 22.1 Å². The van der Waals surface area contributed by atoms with E-state index in [1.165, 1.54) is 29.5 Å². The third-order valence-electron chi connectivity index (χ3n) is 10.3. The fraction of sp³-hybridized carbons (Fsp3) is 0.390. The zero-order valence-electron chi connectivity index (χ0n) is 33.0. The van der Waals surface area contributed by atoms with Crippen molar-refractivity contribution in [1.82, 2.24) is 29.9 Å². The van der Waals surface area contributed by atoms with Gasteiger partial charge in [-0.15, -0.1) is 0 Å². The van der Waals surface area contributed by atoms with E-state index in [9.17, 15) is 39.4 Å². The van der Waals surface area contributed by atoms with E-state index in [1.807, 2.05) is 0 Å². The van der Waals surface area contributed by atoms with Crippen molar-refractivity contribution in [2.24, 2.45) is 7.05 Å². The van der Waals surface area contributed by atoms with Crippen LogP contribution in [0, 0.1) is 23.5 Å². The molecule has 2 aliphatic carbocycles. The first-order chi connectivity index (χ1) is 28.0. The van der Waals surface area contributed by atoms with Gasteiger partial charge in [0, 0.05) is 64.8 Å². The molecular formula is C41H41ClF5N7O4S2. The van der Waals surface area contributed by atoms with Gasteiger partial charge in [0.15, 0.2) is 21.3 Å². The smallest absolute Gasteiger partial charge is 0.347 e. The number of aromatic nitrogens is 5. The summed E-state index contributed by atoms with van der Waals surface area (Å²) < 4.78 is 113. The fourth-order valence-electron chi connectivity index (χ4n) is 7.10. The van der Waals surface area contributed by atoms with Crippen molar-refractivity contribution in [3.63, 3.8) is 0 Å². The molecule has 2 atom stereocenters. The van der Waals surface area contributed by atoms with Crippen LogP contribution in [0.5, 0.6) is 0 Å². The molecule has 0 saturated heterocycles. The van der Waals surface area contributed by atoms with Crippen molar-refractivity contribution in [2.75, 3.05) is 11.0 Å². The lowest BCUT2D eigenvalue weighted by Gasteiger charge is -2.23. The topological polar surface area (TPSA) is 141 Å². The minimum absolute atomic E-state index is 0.108. The van der Waals surface area contributed by atoms with Crippen LogP contribution in [0.1, 0.15) is 86.3 Å². The molecule has 3 heterocycles. The summed E-state index contributed by atoms with van der Waals surface area (Å²) >= 11 is 6.70. The number of sulfone groups is 1. The van der Waals surface area contributed by atoms with Crippen LogP contribution in [0.15, 0.2) is 48.5 Å². The Morgan fingerprint density at radius 1 is 1.00 bits per heavy atom. The number of nitrogens with one attached hydrogen (secondary N) is 2. The monoisotopic (exact) mass is 889 g/mol. The molecule has 5 aromatic rings. The number of aryl methyl sites for hydroxylation is 2. The number of benzene rings is 2. The minimum Gasteiger partial charge on any atom is -0.347 e. The number of nitrogens with zero attached hydrogens (tertiary/aromatic N) is 5. The van der Waals surface area contributed by atoms with E-state index in [2.05, 4.69) is 37.9 Å². The molecule has 7 rings (SSSR count). The first-order valence-electron chi connectivity index (χ1n) is 18.9. The van der Waals surface area contributed by atoms with E-state index in [1.54, 1.807) is 31.3 Å². The number of hydrogen-bond donors (Lipinski definition) is 2. The quantitative estimate of drug-likeness (QED) is 0.0708. The number of amides is 1. The number of alkyl halides is 3. The zero-order valence-corrected chi connectivity index (χ0v) is 35.3. The Morgan fingerprint density at radius 2 is 1.67 bits per heavy atom. The summed E-state index contributed by atoms with van der Waals surface area (Å²) in [5.74, 6) is 7.10. The van der Waals surface area contributed by atoms with E-state index >= 15 is 0 Å². The van der Waals surface area contributed by atoms with E-state index in [-0.39, 0.29) is 53.1 Å². The van der Waals surface area contributed by atoms with Gasteiger partial charge in [-0.2, -0.15) is 23.4 Å². The summed E-state index contributed by atoms with van der Waals surface area (Å²) in [4.78, 5) is 18.8. The first-order valence-corrected chi connectivity index (χ1v) is 23.0. The van der Waals surface area contributed by atoms with Crippen molar-refractivity contribution in [3.8, 4) is 23.0 Å². The second-order valence-electron chi connectivity index (χ2n) is 15.8. The number of pyridine rings is 1. The van der Waals surface area contributed by atoms with Gasteiger partial charge in [-0.1, -0.05) is 23.6 Å². The van der Waals surface area contributed by atoms with Gasteiger partial charge < -0.3 is 5.32 Å². The lowest BCUT2D eigenvalue weighted by molar-refractivity contribution is -0.141. The van der Waals surface area contributed by atoms with E-state index in [0.717, 1.165) is 18.2 Å². The lowest BCUT2D eigenvalue weighted by Crippen LogP contribution is -2.33. The molecule has 2 aliphatic rings. The van der Waals surface area contributed by atoms with Gasteiger partial charge in [-0.25, -0.2) is 26.4 Å². The number of carbonyl (C=O) groups is 1. The summed E-state index contributed by atoms with van der Waals surface area (Å²) in [5, 5.41) is 11.3. The number of halogens is 6. The van der Waals surface area contributed by atoms with E-state index in [0.29, 0.717) is 59.5 Å². The van der Waals surface area contributed by atoms with Crippen molar-refractivity contribution in [3.05, 3.63) is 93.5 Å². The Labute approximate surface area is 349 Å². The van der Waals surface area contributed by atoms with Gasteiger partial charge in [0.2, 0.25) is 5.91 Å².